The summed E-state index contributed by atoms with van der Waals surface area (Å²) in [5, 5.41) is 20.1. The molecule has 2 aromatic carbocycles. The number of allylic oxidation sites excluding steroid dienone is 1. The molecule has 0 aliphatic heterocycles. The lowest BCUT2D eigenvalue weighted by Gasteiger charge is -2.09. The zero-order valence-electron chi connectivity index (χ0n) is 12.1. The van der Waals surface area contributed by atoms with E-state index in [4.69, 9.17) is 10.5 Å². The maximum atomic E-state index is 12.1. The summed E-state index contributed by atoms with van der Waals surface area (Å²) < 4.78 is 40.2. The monoisotopic (exact) mass is 329 g/mol. The van der Waals surface area contributed by atoms with Gasteiger partial charge in [-0.2, -0.15) is 10.5 Å². The molecule has 0 aromatic heterocycles. The molecule has 0 bridgehead atoms. The van der Waals surface area contributed by atoms with Crippen LogP contribution in [0.2, 0.25) is 0 Å². The van der Waals surface area contributed by atoms with E-state index in [9.17, 15) is 13.2 Å². The third-order valence-electron chi connectivity index (χ3n) is 2.93. The molecular weight excluding hydrogens is 319 g/mol. The van der Waals surface area contributed by atoms with Gasteiger partial charge >= 0.3 is 6.36 Å². The van der Waals surface area contributed by atoms with E-state index in [1.807, 2.05) is 0 Å². The van der Waals surface area contributed by atoms with Crippen molar-refractivity contribution >= 4 is 5.69 Å². The van der Waals surface area contributed by atoms with Gasteiger partial charge in [0.2, 0.25) is 0 Å². The Hall–Kier alpha value is -3.45. The molecule has 0 unspecified atom stereocenters. The summed E-state index contributed by atoms with van der Waals surface area (Å²) >= 11 is 0. The molecule has 0 aliphatic carbocycles. The van der Waals surface area contributed by atoms with Crippen molar-refractivity contribution in [2.24, 2.45) is 0 Å². The molecule has 0 aliphatic rings. The lowest BCUT2D eigenvalue weighted by molar-refractivity contribution is -0.274. The molecule has 7 heteroatoms. The van der Waals surface area contributed by atoms with Crippen LogP contribution in [0, 0.1) is 22.7 Å². The molecule has 0 saturated carbocycles. The highest BCUT2D eigenvalue weighted by atomic mass is 19.4. The fourth-order valence-corrected chi connectivity index (χ4v) is 1.85. The van der Waals surface area contributed by atoms with Crippen molar-refractivity contribution < 1.29 is 17.9 Å². The van der Waals surface area contributed by atoms with Gasteiger partial charge in [0, 0.05) is 11.9 Å². The highest BCUT2D eigenvalue weighted by molar-refractivity contribution is 5.67. The van der Waals surface area contributed by atoms with Crippen molar-refractivity contribution in [2.75, 3.05) is 5.32 Å². The minimum atomic E-state index is -4.71. The SMILES string of the molecule is N#CC(C#N)=CNc1ccc(-c2ccc(OC(F)(F)F)cc2)cc1. The highest BCUT2D eigenvalue weighted by Crippen LogP contribution is 2.27. The van der Waals surface area contributed by atoms with Gasteiger partial charge in [0.05, 0.1) is 0 Å². The van der Waals surface area contributed by atoms with E-state index in [2.05, 4.69) is 10.1 Å². The fraction of sp³-hybridized carbons (Fsp3) is 0.0588. The van der Waals surface area contributed by atoms with Gasteiger partial charge in [0.1, 0.15) is 23.5 Å². The van der Waals surface area contributed by atoms with Crippen LogP contribution in [-0.2, 0) is 0 Å². The van der Waals surface area contributed by atoms with Crippen LogP contribution in [0.15, 0.2) is 60.3 Å². The predicted octanol–water partition coefficient (Wildman–Crippen LogP) is 4.60. The summed E-state index contributed by atoms with van der Waals surface area (Å²) in [7, 11) is 0. The molecule has 0 heterocycles. The van der Waals surface area contributed by atoms with Gasteiger partial charge in [-0.25, -0.2) is 0 Å². The van der Waals surface area contributed by atoms with E-state index in [1.54, 1.807) is 36.4 Å². The zero-order valence-corrected chi connectivity index (χ0v) is 12.1. The second-order valence-corrected chi connectivity index (χ2v) is 4.58. The largest absolute Gasteiger partial charge is 0.573 e. The van der Waals surface area contributed by atoms with Crippen LogP contribution in [0.1, 0.15) is 0 Å². The number of halogens is 3. The molecule has 0 amide bonds. The van der Waals surface area contributed by atoms with Crippen LogP contribution in [0.25, 0.3) is 11.1 Å². The molecule has 24 heavy (non-hydrogen) atoms. The smallest absolute Gasteiger partial charge is 0.406 e. The molecule has 0 fully saturated rings. The van der Waals surface area contributed by atoms with Crippen LogP contribution in [0.5, 0.6) is 5.75 Å². The average molecular weight is 329 g/mol. The predicted molar refractivity (Wildman–Crippen MR) is 81.5 cm³/mol. The van der Waals surface area contributed by atoms with Crippen LogP contribution >= 0.6 is 0 Å². The Morgan fingerprint density at radius 3 is 1.88 bits per heavy atom. The lowest BCUT2D eigenvalue weighted by atomic mass is 10.1. The summed E-state index contributed by atoms with van der Waals surface area (Å²) in [4.78, 5) is 0. The van der Waals surface area contributed by atoms with Crippen molar-refractivity contribution in [3.8, 4) is 29.0 Å². The number of nitrogens with zero attached hydrogens (tertiary/aromatic N) is 2. The van der Waals surface area contributed by atoms with E-state index >= 15 is 0 Å². The molecule has 4 nitrogen and oxygen atoms in total. The second kappa shape index (κ2) is 7.21. The van der Waals surface area contributed by atoms with Gasteiger partial charge < -0.3 is 10.1 Å². The topological polar surface area (TPSA) is 68.8 Å². The third-order valence-corrected chi connectivity index (χ3v) is 2.93. The van der Waals surface area contributed by atoms with Crippen molar-refractivity contribution in [3.63, 3.8) is 0 Å². The summed E-state index contributed by atoms with van der Waals surface area (Å²) in [6.45, 7) is 0. The minimum Gasteiger partial charge on any atom is -0.406 e. The number of nitriles is 2. The fourth-order valence-electron chi connectivity index (χ4n) is 1.85. The van der Waals surface area contributed by atoms with Gasteiger partial charge in [0.25, 0.3) is 0 Å². The Balaban J connectivity index is 2.10. The molecule has 0 radical (unpaired) electrons. The number of alkyl halides is 3. The van der Waals surface area contributed by atoms with Crippen molar-refractivity contribution in [1.29, 1.82) is 10.5 Å². The van der Waals surface area contributed by atoms with Gasteiger partial charge in [0.15, 0.2) is 0 Å². The van der Waals surface area contributed by atoms with Crippen molar-refractivity contribution in [2.45, 2.75) is 6.36 Å². The van der Waals surface area contributed by atoms with E-state index in [0.717, 1.165) is 11.1 Å². The molecular formula is C17H10F3N3O. The summed E-state index contributed by atoms with van der Waals surface area (Å²) in [6.07, 6.45) is -3.42. The third kappa shape index (κ3) is 4.79. The van der Waals surface area contributed by atoms with Crippen LogP contribution < -0.4 is 10.1 Å². The first-order valence-electron chi connectivity index (χ1n) is 6.64. The maximum absolute atomic E-state index is 12.1. The van der Waals surface area contributed by atoms with E-state index in [1.165, 1.54) is 30.5 Å². The number of nitrogens with one attached hydrogen (secondary N) is 1. The Bertz CT molecular complexity index is 795. The number of ether oxygens (including phenoxy) is 1. The van der Waals surface area contributed by atoms with Gasteiger partial charge in [-0.05, 0) is 35.4 Å². The minimum absolute atomic E-state index is 0.0562. The summed E-state index contributed by atoms with van der Waals surface area (Å²) in [6, 6.07) is 15.9. The molecule has 0 atom stereocenters. The number of anilines is 1. The van der Waals surface area contributed by atoms with E-state index < -0.39 is 6.36 Å². The molecule has 1 N–H and O–H groups in total. The van der Waals surface area contributed by atoms with Crippen molar-refractivity contribution in [3.05, 3.63) is 60.3 Å². The molecule has 0 saturated heterocycles. The summed E-state index contributed by atoms with van der Waals surface area (Å²) in [5.41, 5.74) is 2.13. The van der Waals surface area contributed by atoms with Gasteiger partial charge in [-0.15, -0.1) is 13.2 Å². The number of benzene rings is 2. The van der Waals surface area contributed by atoms with Crippen molar-refractivity contribution in [1.82, 2.24) is 0 Å². The first kappa shape index (κ1) is 16.9. The number of rotatable bonds is 4. The Labute approximate surface area is 136 Å². The molecule has 120 valence electrons. The summed E-state index contributed by atoms with van der Waals surface area (Å²) in [5.74, 6) is -0.282. The second-order valence-electron chi connectivity index (χ2n) is 4.58. The first-order chi connectivity index (χ1) is 11.4. The number of hydrogen-bond acceptors (Lipinski definition) is 4. The Morgan fingerprint density at radius 1 is 0.917 bits per heavy atom. The Morgan fingerprint density at radius 2 is 1.42 bits per heavy atom. The van der Waals surface area contributed by atoms with Crippen LogP contribution in [0.3, 0.4) is 0 Å². The van der Waals surface area contributed by atoms with E-state index in [0.29, 0.717) is 5.69 Å². The Kier molecular flexibility index (Phi) is 5.08. The molecule has 0 spiro atoms. The maximum Gasteiger partial charge on any atom is 0.573 e. The van der Waals surface area contributed by atoms with Gasteiger partial charge in [-0.1, -0.05) is 24.3 Å². The normalized spacial score (nSPS) is 10.2. The highest BCUT2D eigenvalue weighted by Gasteiger charge is 2.30. The quantitative estimate of drug-likeness (QED) is 0.833. The van der Waals surface area contributed by atoms with Crippen LogP contribution in [0.4, 0.5) is 18.9 Å². The zero-order chi connectivity index (χ0) is 17.6. The average Bonchev–Trinajstić information content (AvgIpc) is 2.56. The molecule has 2 rings (SSSR count). The standard InChI is InChI=1S/C17H10F3N3O/c18-17(19,20)24-16-7-3-14(4-8-16)13-1-5-15(6-2-13)23-11-12(9-21)10-22/h1-8,11,23H. The lowest BCUT2D eigenvalue weighted by Crippen LogP contribution is -2.16. The molecule has 2 aromatic rings. The van der Waals surface area contributed by atoms with E-state index in [-0.39, 0.29) is 11.3 Å². The first-order valence-corrected chi connectivity index (χ1v) is 6.64. The van der Waals surface area contributed by atoms with Gasteiger partial charge in [-0.3, -0.25) is 0 Å². The van der Waals surface area contributed by atoms with Crippen LogP contribution in [-0.4, -0.2) is 6.36 Å². The number of hydrogen-bond donors (Lipinski definition) is 1.